The number of allylic oxidation sites excluding steroid dienone is 6. The second-order valence-corrected chi connectivity index (χ2v) is 21.9. The Hall–Kier alpha value is -1.88. The van der Waals surface area contributed by atoms with Gasteiger partial charge in [0.25, 0.3) is 0 Å². The van der Waals surface area contributed by atoms with Crippen LogP contribution in [0.2, 0.25) is 0 Å². The lowest BCUT2D eigenvalue weighted by Crippen LogP contribution is -2.28. The third-order valence-electron chi connectivity index (χ3n) is 14.7. The summed E-state index contributed by atoms with van der Waals surface area (Å²) < 4.78 is 10.7. The molecule has 0 heterocycles. The fraction of sp³-hybridized carbons (Fsp3) is 0.879. The van der Waals surface area contributed by atoms with Crippen molar-refractivity contribution in [3.63, 3.8) is 0 Å². The molecule has 0 rings (SSSR count). The van der Waals surface area contributed by atoms with E-state index in [1.165, 1.54) is 283 Å². The molecule has 0 aromatic rings. The highest BCUT2D eigenvalue weighted by Crippen LogP contribution is 2.18. The third kappa shape index (κ3) is 60.6. The summed E-state index contributed by atoms with van der Waals surface area (Å²) in [6, 6.07) is 0. The highest BCUT2D eigenvalue weighted by molar-refractivity contribution is 5.70. The Kier molecular flexibility index (Phi) is 60.8. The summed E-state index contributed by atoms with van der Waals surface area (Å²) in [4.78, 5) is 24.6. The predicted molar refractivity (Wildman–Crippen MR) is 311 cm³/mol. The number of carbonyl (C=O) groups is 2. The van der Waals surface area contributed by atoms with Gasteiger partial charge in [0.15, 0.2) is 6.10 Å². The Morgan fingerprint density at radius 3 is 0.845 bits per heavy atom. The molecular formula is C66H124O5. The fourth-order valence-corrected chi connectivity index (χ4v) is 9.86. The van der Waals surface area contributed by atoms with Crippen molar-refractivity contribution in [1.29, 1.82) is 0 Å². The van der Waals surface area contributed by atoms with Gasteiger partial charge in [-0.25, -0.2) is 0 Å². The van der Waals surface area contributed by atoms with Gasteiger partial charge in [0, 0.05) is 12.8 Å². The van der Waals surface area contributed by atoms with Crippen LogP contribution < -0.4 is 0 Å². The molecule has 0 aromatic heterocycles. The minimum atomic E-state index is -0.769. The van der Waals surface area contributed by atoms with Crippen LogP contribution in [0.5, 0.6) is 0 Å². The maximum Gasteiger partial charge on any atom is 0.306 e. The molecule has 0 saturated heterocycles. The average Bonchev–Trinajstić information content (AvgIpc) is 3.37. The molecule has 0 bridgehead atoms. The maximum atomic E-state index is 12.3. The number of hydrogen-bond donors (Lipinski definition) is 1. The van der Waals surface area contributed by atoms with Crippen molar-refractivity contribution >= 4 is 11.9 Å². The van der Waals surface area contributed by atoms with Crippen LogP contribution in [-0.2, 0) is 19.1 Å². The normalized spacial score (nSPS) is 12.3. The van der Waals surface area contributed by atoms with Crippen LogP contribution in [0.4, 0.5) is 0 Å². The number of hydrogen-bond acceptors (Lipinski definition) is 5. The monoisotopic (exact) mass is 997 g/mol. The Morgan fingerprint density at radius 2 is 0.563 bits per heavy atom. The molecule has 0 amide bonds. The second kappa shape index (κ2) is 62.4. The molecule has 0 aliphatic carbocycles. The Morgan fingerprint density at radius 1 is 0.324 bits per heavy atom. The molecule has 1 N–H and O–H groups in total. The lowest BCUT2D eigenvalue weighted by Gasteiger charge is -2.15. The summed E-state index contributed by atoms with van der Waals surface area (Å²) in [7, 11) is 0. The van der Waals surface area contributed by atoms with Crippen LogP contribution in [0.3, 0.4) is 0 Å². The van der Waals surface area contributed by atoms with Crippen molar-refractivity contribution in [2.24, 2.45) is 0 Å². The van der Waals surface area contributed by atoms with Crippen LogP contribution in [-0.4, -0.2) is 36.4 Å². The number of ether oxygens (including phenoxy) is 2. The van der Waals surface area contributed by atoms with Crippen LogP contribution in [0.15, 0.2) is 36.5 Å². The van der Waals surface area contributed by atoms with Crippen molar-refractivity contribution in [2.45, 2.75) is 360 Å². The van der Waals surface area contributed by atoms with E-state index in [4.69, 9.17) is 9.47 Å². The van der Waals surface area contributed by atoms with E-state index < -0.39 is 6.10 Å². The molecule has 1 unspecified atom stereocenters. The first-order valence-electron chi connectivity index (χ1n) is 32.0. The lowest BCUT2D eigenvalue weighted by atomic mass is 10.0. The second-order valence-electron chi connectivity index (χ2n) is 21.9. The first-order valence-corrected chi connectivity index (χ1v) is 32.0. The van der Waals surface area contributed by atoms with Crippen LogP contribution in [0, 0.1) is 0 Å². The largest absolute Gasteiger partial charge is 0.462 e. The van der Waals surface area contributed by atoms with Gasteiger partial charge in [-0.15, -0.1) is 0 Å². The first-order chi connectivity index (χ1) is 35.1. The molecule has 0 aliphatic rings. The summed E-state index contributed by atoms with van der Waals surface area (Å²) in [6.07, 6.45) is 81.5. The first kappa shape index (κ1) is 69.1. The van der Waals surface area contributed by atoms with Crippen molar-refractivity contribution < 1.29 is 24.2 Å². The van der Waals surface area contributed by atoms with Gasteiger partial charge in [-0.05, 0) is 51.4 Å². The van der Waals surface area contributed by atoms with Crippen molar-refractivity contribution in [1.82, 2.24) is 0 Å². The van der Waals surface area contributed by atoms with Gasteiger partial charge in [0.05, 0.1) is 6.61 Å². The minimum Gasteiger partial charge on any atom is -0.462 e. The zero-order chi connectivity index (χ0) is 51.3. The zero-order valence-corrected chi connectivity index (χ0v) is 48.0. The molecular weight excluding hydrogens is 873 g/mol. The van der Waals surface area contributed by atoms with E-state index in [9.17, 15) is 14.7 Å². The predicted octanol–water partition coefficient (Wildman–Crippen LogP) is 21.8. The van der Waals surface area contributed by atoms with E-state index in [0.29, 0.717) is 12.8 Å². The molecule has 0 fully saturated rings. The molecule has 0 aliphatic heterocycles. The third-order valence-corrected chi connectivity index (χ3v) is 14.7. The van der Waals surface area contributed by atoms with Crippen LogP contribution >= 0.6 is 0 Å². The molecule has 0 aromatic carbocycles. The zero-order valence-electron chi connectivity index (χ0n) is 48.0. The van der Waals surface area contributed by atoms with E-state index in [-0.39, 0.29) is 25.2 Å². The smallest absolute Gasteiger partial charge is 0.306 e. The number of aliphatic hydroxyl groups is 1. The topological polar surface area (TPSA) is 72.8 Å². The molecule has 71 heavy (non-hydrogen) atoms. The van der Waals surface area contributed by atoms with Crippen LogP contribution in [0.1, 0.15) is 354 Å². The van der Waals surface area contributed by atoms with Gasteiger partial charge in [0.2, 0.25) is 0 Å². The van der Waals surface area contributed by atoms with Crippen molar-refractivity contribution in [3.05, 3.63) is 36.5 Å². The van der Waals surface area contributed by atoms with E-state index in [2.05, 4.69) is 50.3 Å². The van der Waals surface area contributed by atoms with Gasteiger partial charge in [-0.2, -0.15) is 0 Å². The summed E-state index contributed by atoms with van der Waals surface area (Å²) in [5.41, 5.74) is 0. The number of esters is 2. The van der Waals surface area contributed by atoms with Gasteiger partial charge in [-0.3, -0.25) is 9.59 Å². The van der Waals surface area contributed by atoms with Crippen LogP contribution in [0.25, 0.3) is 0 Å². The number of carbonyl (C=O) groups excluding carboxylic acids is 2. The minimum absolute atomic E-state index is 0.0592. The standard InChI is InChI=1S/C66H124O5/c1-3-5-7-9-11-13-15-17-19-21-23-25-27-29-30-31-32-33-34-35-36-37-39-41-43-45-47-49-51-53-55-57-59-61-66(69)71-64(62-67)63-70-65(68)60-58-56-54-52-50-48-46-44-42-40-38-28-26-24-22-20-18-16-14-12-10-8-6-4-2/h15,17,21,23,27,29,64,67H,3-14,16,18-20,22,24-26,28,30-63H2,1-2H3/b17-15-,23-21-,29-27-. The number of unbranched alkanes of at least 4 members (excludes halogenated alkanes) is 46. The van der Waals surface area contributed by atoms with Crippen molar-refractivity contribution in [2.75, 3.05) is 13.2 Å². The molecule has 1 atom stereocenters. The van der Waals surface area contributed by atoms with E-state index in [1.54, 1.807) is 0 Å². The molecule has 418 valence electrons. The summed E-state index contributed by atoms with van der Waals surface area (Å²) in [5.74, 6) is -0.568. The number of rotatable bonds is 60. The van der Waals surface area contributed by atoms with Gasteiger partial charge >= 0.3 is 11.9 Å². The van der Waals surface area contributed by atoms with Gasteiger partial charge in [0.1, 0.15) is 6.61 Å². The SMILES string of the molecule is CCCCCCC/C=C\C/C=C\C/C=C\CCCCCCCCCCCCCCCCCCCCC(=O)OC(CO)COC(=O)CCCCCCCCCCCCCCCCCCCCCCCCCC. The summed E-state index contributed by atoms with van der Waals surface area (Å²) in [6.45, 7) is 4.19. The molecule has 5 heteroatoms. The van der Waals surface area contributed by atoms with Crippen molar-refractivity contribution in [3.8, 4) is 0 Å². The van der Waals surface area contributed by atoms with E-state index in [1.807, 2.05) is 0 Å². The van der Waals surface area contributed by atoms with E-state index >= 15 is 0 Å². The Bertz CT molecular complexity index is 1130. The summed E-state index contributed by atoms with van der Waals surface area (Å²) >= 11 is 0. The fourth-order valence-electron chi connectivity index (χ4n) is 9.86. The highest BCUT2D eigenvalue weighted by atomic mass is 16.6. The molecule has 0 radical (unpaired) electrons. The maximum absolute atomic E-state index is 12.3. The molecule has 0 spiro atoms. The Balaban J connectivity index is 3.41. The molecule has 0 saturated carbocycles. The quantitative estimate of drug-likeness (QED) is 0.0373. The molecule has 5 nitrogen and oxygen atoms in total. The highest BCUT2D eigenvalue weighted by Gasteiger charge is 2.16. The van der Waals surface area contributed by atoms with Gasteiger partial charge in [-0.1, -0.05) is 326 Å². The van der Waals surface area contributed by atoms with E-state index in [0.717, 1.165) is 44.9 Å². The number of aliphatic hydroxyl groups excluding tert-OH is 1. The average molecular weight is 998 g/mol. The Labute approximate surface area is 444 Å². The summed E-state index contributed by atoms with van der Waals surface area (Å²) in [5, 5.41) is 9.68. The van der Waals surface area contributed by atoms with Gasteiger partial charge < -0.3 is 14.6 Å². The lowest BCUT2D eigenvalue weighted by molar-refractivity contribution is -0.161.